The van der Waals surface area contributed by atoms with Crippen LogP contribution in [0.5, 0.6) is 5.75 Å². The van der Waals surface area contributed by atoms with Crippen molar-refractivity contribution < 1.29 is 29.0 Å². The summed E-state index contributed by atoms with van der Waals surface area (Å²) in [5, 5.41) is 23.1. The second-order valence-corrected chi connectivity index (χ2v) is 9.40. The Labute approximate surface area is 216 Å². The molecule has 8 nitrogen and oxygen atoms in total. The first kappa shape index (κ1) is 25.9. The van der Waals surface area contributed by atoms with Crippen LogP contribution in [0.15, 0.2) is 63.8 Å². The van der Waals surface area contributed by atoms with Crippen molar-refractivity contribution in [3.05, 3.63) is 75.9 Å². The largest absolute Gasteiger partial charge is 0.508 e. The molecule has 2 aromatic carbocycles. The molecule has 2 aromatic rings. The summed E-state index contributed by atoms with van der Waals surface area (Å²) in [4.78, 5) is 49.7. The lowest BCUT2D eigenvalue weighted by molar-refractivity contribution is -0.118. The number of phenols is 1. The van der Waals surface area contributed by atoms with Crippen LogP contribution in [0.2, 0.25) is 0 Å². The number of hydrogen-bond donors (Lipinski definition) is 3. The van der Waals surface area contributed by atoms with Crippen LogP contribution in [0.25, 0.3) is 33.4 Å². The molecule has 0 bridgehead atoms. The number of halogens is 1. The molecular formula is C28H24ClNO7. The highest BCUT2D eigenvalue weighted by Gasteiger charge is 2.25. The van der Waals surface area contributed by atoms with Crippen molar-refractivity contribution in [3.63, 3.8) is 0 Å². The van der Waals surface area contributed by atoms with E-state index in [2.05, 4.69) is 5.32 Å². The number of carboxylic acid groups (broad SMARTS) is 1. The van der Waals surface area contributed by atoms with E-state index in [9.17, 15) is 29.4 Å². The lowest BCUT2D eigenvalue weighted by Gasteiger charge is -2.20. The van der Waals surface area contributed by atoms with Crippen LogP contribution in [0.3, 0.4) is 0 Å². The molecule has 0 spiro atoms. The van der Waals surface area contributed by atoms with Gasteiger partial charge in [0, 0.05) is 34.2 Å². The summed E-state index contributed by atoms with van der Waals surface area (Å²) in [5.74, 6) is -2.12. The van der Waals surface area contributed by atoms with Crippen molar-refractivity contribution in [1.82, 2.24) is 5.32 Å². The zero-order valence-electron chi connectivity index (χ0n) is 20.1. The average molecular weight is 522 g/mol. The number of aromatic hydroxyl groups is 1. The molecule has 9 heteroatoms. The van der Waals surface area contributed by atoms with Gasteiger partial charge in [0.2, 0.25) is 0 Å². The Morgan fingerprint density at radius 2 is 1.76 bits per heavy atom. The highest BCUT2D eigenvalue weighted by atomic mass is 35.5. The van der Waals surface area contributed by atoms with Crippen LogP contribution < -0.4 is 10.7 Å². The van der Waals surface area contributed by atoms with Crippen molar-refractivity contribution in [1.29, 1.82) is 0 Å². The van der Waals surface area contributed by atoms with E-state index in [0.717, 1.165) is 0 Å². The van der Waals surface area contributed by atoms with Gasteiger partial charge in [-0.3, -0.25) is 14.4 Å². The molecule has 1 aliphatic carbocycles. The van der Waals surface area contributed by atoms with Crippen molar-refractivity contribution in [3.8, 4) is 28.2 Å². The number of benzene rings is 3. The molecule has 1 atom stereocenters. The fraction of sp³-hybridized carbons (Fsp3) is 0.214. The third-order valence-corrected chi connectivity index (χ3v) is 6.25. The molecule has 1 unspecified atom stereocenters. The predicted octanol–water partition coefficient (Wildman–Crippen LogP) is 4.92. The summed E-state index contributed by atoms with van der Waals surface area (Å²) < 4.78 is 5.84. The third-order valence-electron chi connectivity index (χ3n) is 5.99. The van der Waals surface area contributed by atoms with E-state index in [1.54, 1.807) is 6.07 Å². The highest BCUT2D eigenvalue weighted by molar-refractivity contribution is 6.28. The number of carbonyl (C=O) groups is 3. The monoisotopic (exact) mass is 521 g/mol. The van der Waals surface area contributed by atoms with E-state index in [1.807, 2.05) is 13.8 Å². The topological polar surface area (TPSA) is 134 Å². The van der Waals surface area contributed by atoms with Crippen LogP contribution in [0.1, 0.15) is 41.0 Å². The van der Waals surface area contributed by atoms with Gasteiger partial charge in [0.05, 0.1) is 17.5 Å². The third kappa shape index (κ3) is 5.34. The first-order valence-corrected chi connectivity index (χ1v) is 12.1. The number of carbonyl (C=O) groups excluding carboxylic acids is 2. The number of rotatable bonds is 8. The second kappa shape index (κ2) is 10.4. The van der Waals surface area contributed by atoms with E-state index < -0.39 is 17.9 Å². The smallest absolute Gasteiger partial charge is 0.336 e. The van der Waals surface area contributed by atoms with Gasteiger partial charge in [-0.1, -0.05) is 13.8 Å². The Kier molecular flexibility index (Phi) is 7.31. The van der Waals surface area contributed by atoms with Crippen LogP contribution in [0.4, 0.5) is 0 Å². The summed E-state index contributed by atoms with van der Waals surface area (Å²) in [6, 6.07) is 11.8. The molecule has 37 heavy (non-hydrogen) atoms. The normalized spacial score (nSPS) is 12.1. The number of nitrogens with one attached hydrogen (secondary N) is 1. The number of alkyl halides is 1. The molecule has 0 fully saturated rings. The van der Waals surface area contributed by atoms with E-state index in [-0.39, 0.29) is 56.8 Å². The summed E-state index contributed by atoms with van der Waals surface area (Å²) in [7, 11) is 0. The van der Waals surface area contributed by atoms with Gasteiger partial charge in [0.25, 0.3) is 5.91 Å². The summed E-state index contributed by atoms with van der Waals surface area (Å²) in [5.41, 5.74) is 1.04. The number of phenolic OH excluding ortho intramolecular Hbond substituents is 1. The Bertz CT molecular complexity index is 1560. The van der Waals surface area contributed by atoms with Gasteiger partial charge in [-0.25, -0.2) is 4.79 Å². The molecule has 1 heterocycles. The standard InChI is InChI=1S/C28H24ClNO7/c1-14(2)9-22(23(33)13-29)30-27(34)15-3-6-18(28(35)36)21(10-15)26-19-7-4-16(31)11-24(19)37-25-12-17(32)5-8-20(25)26/h3-8,10-12,14,22,31H,9,13H2,1-2H3,(H,30,34)(H,35,36). The zero-order valence-corrected chi connectivity index (χ0v) is 20.8. The molecular weight excluding hydrogens is 498 g/mol. The molecule has 190 valence electrons. The molecule has 2 aliphatic rings. The van der Waals surface area contributed by atoms with Gasteiger partial charge < -0.3 is 19.9 Å². The van der Waals surface area contributed by atoms with Gasteiger partial charge in [0.1, 0.15) is 17.1 Å². The summed E-state index contributed by atoms with van der Waals surface area (Å²) >= 11 is 5.74. The Morgan fingerprint density at radius 3 is 2.43 bits per heavy atom. The average Bonchev–Trinajstić information content (AvgIpc) is 2.85. The highest BCUT2D eigenvalue weighted by Crippen LogP contribution is 2.42. The minimum absolute atomic E-state index is 0.0773. The zero-order chi connectivity index (χ0) is 26.9. The first-order chi connectivity index (χ1) is 17.6. The number of carboxylic acids is 1. The SMILES string of the molecule is CC(C)CC(NC(=O)c1ccc(C(=O)O)c(-c2c3ccc(=O)cc-3oc3cc(O)ccc23)c1)C(=O)CCl. The summed E-state index contributed by atoms with van der Waals surface area (Å²) in [6.45, 7) is 3.84. The van der Waals surface area contributed by atoms with Gasteiger partial charge in [-0.2, -0.15) is 0 Å². The maximum atomic E-state index is 13.2. The van der Waals surface area contributed by atoms with Crippen LogP contribution in [-0.2, 0) is 4.79 Å². The molecule has 0 aromatic heterocycles. The quantitative estimate of drug-likeness (QED) is 0.221. The molecule has 0 radical (unpaired) electrons. The Hall–Kier alpha value is -4.17. The van der Waals surface area contributed by atoms with Gasteiger partial charge in [-0.15, -0.1) is 11.6 Å². The first-order valence-electron chi connectivity index (χ1n) is 11.6. The van der Waals surface area contributed by atoms with Gasteiger partial charge >= 0.3 is 5.97 Å². The maximum Gasteiger partial charge on any atom is 0.336 e. The minimum Gasteiger partial charge on any atom is -0.508 e. The van der Waals surface area contributed by atoms with Crippen molar-refractivity contribution in [2.24, 2.45) is 5.92 Å². The van der Waals surface area contributed by atoms with Gasteiger partial charge in [0.15, 0.2) is 11.2 Å². The molecule has 1 aliphatic heterocycles. The fourth-order valence-electron chi connectivity index (χ4n) is 4.31. The number of ketones is 1. The number of aromatic carboxylic acids is 1. The van der Waals surface area contributed by atoms with E-state index in [1.165, 1.54) is 48.5 Å². The van der Waals surface area contributed by atoms with Crippen molar-refractivity contribution >= 4 is 40.2 Å². The van der Waals surface area contributed by atoms with Gasteiger partial charge in [-0.05, 0) is 60.4 Å². The Balaban J connectivity index is 1.93. The van der Waals surface area contributed by atoms with E-state index in [0.29, 0.717) is 22.9 Å². The fourth-order valence-corrected chi connectivity index (χ4v) is 4.49. The van der Waals surface area contributed by atoms with Crippen LogP contribution >= 0.6 is 11.6 Å². The minimum atomic E-state index is -1.22. The van der Waals surface area contributed by atoms with Crippen LogP contribution in [-0.4, -0.2) is 39.8 Å². The molecule has 1 amide bonds. The lowest BCUT2D eigenvalue weighted by atomic mass is 9.89. The molecule has 3 N–H and O–H groups in total. The van der Waals surface area contributed by atoms with Crippen molar-refractivity contribution in [2.45, 2.75) is 26.3 Å². The van der Waals surface area contributed by atoms with E-state index >= 15 is 0 Å². The van der Waals surface area contributed by atoms with Crippen LogP contribution in [0, 0.1) is 5.92 Å². The molecule has 4 rings (SSSR count). The summed E-state index contributed by atoms with van der Waals surface area (Å²) in [6.07, 6.45) is 0.397. The van der Waals surface area contributed by atoms with Crippen molar-refractivity contribution in [2.75, 3.05) is 5.88 Å². The molecule has 0 saturated heterocycles. The maximum absolute atomic E-state index is 13.2. The number of fused-ring (bicyclic) bond motifs is 2. The number of Topliss-reactive ketones (excluding diaryl/α,β-unsaturated/α-hetero) is 1. The number of amides is 1. The second-order valence-electron chi connectivity index (χ2n) is 9.14. The lowest BCUT2D eigenvalue weighted by Crippen LogP contribution is -2.42. The predicted molar refractivity (Wildman–Crippen MR) is 140 cm³/mol. The molecule has 0 saturated carbocycles. The number of hydrogen-bond acceptors (Lipinski definition) is 6. The Morgan fingerprint density at radius 1 is 1.00 bits per heavy atom. The van der Waals surface area contributed by atoms with E-state index in [4.69, 9.17) is 16.0 Å².